The number of rotatable bonds is 6. The van der Waals surface area contributed by atoms with E-state index in [9.17, 15) is 14.4 Å². The number of thiol groups is 2. The van der Waals surface area contributed by atoms with Gasteiger partial charge in [0, 0.05) is 0 Å². The van der Waals surface area contributed by atoms with Crippen molar-refractivity contribution in [2.24, 2.45) is 10.8 Å². The van der Waals surface area contributed by atoms with E-state index in [0.29, 0.717) is 6.42 Å². The number of hydrogen-bond donors (Lipinski definition) is 8. The Kier molecular flexibility index (Phi) is 22.8. The van der Waals surface area contributed by atoms with E-state index in [-0.39, 0.29) is 30.1 Å². The first-order chi connectivity index (χ1) is 12.0. The van der Waals surface area contributed by atoms with Crippen LogP contribution in [0.25, 0.3) is 0 Å². The highest BCUT2D eigenvalue weighted by Gasteiger charge is 2.25. The maximum atomic E-state index is 10.1. The lowest BCUT2D eigenvalue weighted by atomic mass is 9.89. The van der Waals surface area contributed by atoms with Crippen LogP contribution in [0.5, 0.6) is 0 Å². The Balaban J connectivity index is -0.000000135. The number of hydrogen-bond acceptors (Lipinski definition) is 8. The van der Waals surface area contributed by atoms with Crippen molar-refractivity contribution in [1.29, 1.82) is 0 Å². The molecule has 0 amide bonds. The van der Waals surface area contributed by atoms with Crippen molar-refractivity contribution in [2.45, 2.75) is 47.1 Å². The van der Waals surface area contributed by atoms with E-state index in [1.54, 1.807) is 0 Å². The van der Waals surface area contributed by atoms with Crippen LogP contribution in [0.1, 0.15) is 41.0 Å². The van der Waals surface area contributed by atoms with Crippen LogP contribution in [0.4, 0.5) is 0 Å². The van der Waals surface area contributed by atoms with Gasteiger partial charge in [-0.1, -0.05) is 20.8 Å². The third-order valence-electron chi connectivity index (χ3n) is 2.30. The molecule has 27 heavy (non-hydrogen) atoms. The Morgan fingerprint density at radius 2 is 1.15 bits per heavy atom. The number of carboxylic acids is 3. The Morgan fingerprint density at radius 1 is 0.852 bits per heavy atom. The van der Waals surface area contributed by atoms with Gasteiger partial charge in [-0.2, -0.15) is 25.3 Å². The van der Waals surface area contributed by atoms with Gasteiger partial charge in [0.15, 0.2) is 0 Å². The van der Waals surface area contributed by atoms with Crippen molar-refractivity contribution in [3.8, 4) is 0 Å². The summed E-state index contributed by atoms with van der Waals surface area (Å²) in [6.07, 6.45) is 0.105. The molecule has 0 aliphatic carbocycles. The van der Waals surface area contributed by atoms with Gasteiger partial charge < -0.3 is 30.6 Å². The minimum absolute atomic E-state index is 0.0833. The van der Waals surface area contributed by atoms with Gasteiger partial charge >= 0.3 is 17.9 Å². The zero-order chi connectivity index (χ0) is 22.8. The smallest absolute Gasteiger partial charge is 0.313 e. The maximum absolute atomic E-state index is 10.1. The molecular formula is C16H34O9S2. The van der Waals surface area contributed by atoms with Gasteiger partial charge in [-0.25, -0.2) is 0 Å². The van der Waals surface area contributed by atoms with Gasteiger partial charge in [0.1, 0.15) is 0 Å². The number of aliphatic hydroxyl groups is 3. The summed E-state index contributed by atoms with van der Waals surface area (Å²) in [4.78, 5) is 28.7. The van der Waals surface area contributed by atoms with Crippen LogP contribution in [-0.4, -0.2) is 79.4 Å². The van der Waals surface area contributed by atoms with Crippen LogP contribution in [0.2, 0.25) is 0 Å². The van der Waals surface area contributed by atoms with Crippen molar-refractivity contribution in [3.63, 3.8) is 0 Å². The van der Waals surface area contributed by atoms with Gasteiger partial charge in [-0.3, -0.25) is 14.4 Å². The second kappa shape index (κ2) is 18.4. The van der Waals surface area contributed by atoms with Gasteiger partial charge in [0.05, 0.1) is 36.2 Å². The molecular weight excluding hydrogens is 400 g/mol. The van der Waals surface area contributed by atoms with Crippen molar-refractivity contribution in [2.75, 3.05) is 24.7 Å². The second-order valence-electron chi connectivity index (χ2n) is 7.05. The fourth-order valence-electron chi connectivity index (χ4n) is 0.839. The highest BCUT2D eigenvalue weighted by atomic mass is 32.1. The van der Waals surface area contributed by atoms with Crippen molar-refractivity contribution in [3.05, 3.63) is 0 Å². The first-order valence-corrected chi connectivity index (χ1v) is 9.05. The van der Waals surface area contributed by atoms with Crippen molar-refractivity contribution >= 4 is 43.2 Å². The molecule has 1 atom stereocenters. The minimum atomic E-state index is -0.986. The SMILES string of the molecule is CC(C)(C)CC(O)CO.CC(C)(CO)C(=O)O.O=C(O)CS.O=C(O)CS. The molecule has 6 N–H and O–H groups in total. The molecule has 0 heterocycles. The monoisotopic (exact) mass is 434 g/mol. The Bertz CT molecular complexity index is 393. The molecule has 0 saturated heterocycles. The average Bonchev–Trinajstić information content (AvgIpc) is 2.54. The molecule has 1 unspecified atom stereocenters. The average molecular weight is 435 g/mol. The highest BCUT2D eigenvalue weighted by Crippen LogP contribution is 2.20. The largest absolute Gasteiger partial charge is 0.481 e. The first-order valence-electron chi connectivity index (χ1n) is 7.79. The Labute approximate surface area is 171 Å². The third kappa shape index (κ3) is 36.6. The van der Waals surface area contributed by atoms with Crippen LogP contribution in [-0.2, 0) is 14.4 Å². The standard InChI is InChI=1S/C7H16O2.C5H10O3.2C2H4O2S/c1-7(2,3)4-6(9)5-8;1-5(2,3-6)4(7)8;2*3-2(4)1-5/h6,8-9H,4-5H2,1-3H3;6H,3H2,1-2H3,(H,7,8);2*5H,1H2,(H,3,4). The summed E-state index contributed by atoms with van der Waals surface area (Å²) in [7, 11) is 0. The van der Waals surface area contributed by atoms with Gasteiger partial charge in [-0.05, 0) is 25.7 Å². The van der Waals surface area contributed by atoms with Crippen LogP contribution < -0.4 is 0 Å². The summed E-state index contributed by atoms with van der Waals surface area (Å²) in [5, 5.41) is 49.3. The molecule has 0 radical (unpaired) electrons. The number of carboxylic acid groups (broad SMARTS) is 3. The molecule has 164 valence electrons. The summed E-state index contributed by atoms with van der Waals surface area (Å²) >= 11 is 6.83. The summed E-state index contributed by atoms with van der Waals surface area (Å²) < 4.78 is 0. The minimum Gasteiger partial charge on any atom is -0.481 e. The quantitative estimate of drug-likeness (QED) is 0.282. The van der Waals surface area contributed by atoms with Crippen LogP contribution in [0.3, 0.4) is 0 Å². The molecule has 0 aliphatic heterocycles. The van der Waals surface area contributed by atoms with Crippen LogP contribution in [0, 0.1) is 10.8 Å². The first kappa shape index (κ1) is 33.6. The molecule has 0 aromatic heterocycles. The van der Waals surface area contributed by atoms with Crippen molar-refractivity contribution < 1.29 is 45.0 Å². The fourth-order valence-corrected chi connectivity index (χ4v) is 0.839. The lowest BCUT2D eigenvalue weighted by Crippen LogP contribution is -2.27. The van der Waals surface area contributed by atoms with E-state index in [4.69, 9.17) is 30.6 Å². The van der Waals surface area contributed by atoms with E-state index >= 15 is 0 Å². The fraction of sp³-hybridized carbons (Fsp3) is 0.812. The summed E-state index contributed by atoms with van der Waals surface area (Å²) in [5.41, 5.74) is -0.873. The van der Waals surface area contributed by atoms with E-state index in [1.807, 2.05) is 20.8 Å². The molecule has 0 spiro atoms. The van der Waals surface area contributed by atoms with E-state index in [1.165, 1.54) is 13.8 Å². The van der Waals surface area contributed by atoms with Crippen LogP contribution >= 0.6 is 25.3 Å². The molecule has 11 heteroatoms. The zero-order valence-electron chi connectivity index (χ0n) is 16.4. The predicted molar refractivity (Wildman–Crippen MR) is 109 cm³/mol. The van der Waals surface area contributed by atoms with Crippen LogP contribution in [0.15, 0.2) is 0 Å². The van der Waals surface area contributed by atoms with Gasteiger partial charge in [0.2, 0.25) is 0 Å². The molecule has 0 aliphatic rings. The predicted octanol–water partition coefficient (Wildman–Crippen LogP) is 0.867. The van der Waals surface area contributed by atoms with Crippen molar-refractivity contribution in [1.82, 2.24) is 0 Å². The second-order valence-corrected chi connectivity index (χ2v) is 7.68. The van der Waals surface area contributed by atoms with Gasteiger partial charge in [-0.15, -0.1) is 0 Å². The highest BCUT2D eigenvalue weighted by molar-refractivity contribution is 7.81. The third-order valence-corrected chi connectivity index (χ3v) is 2.84. The summed E-state index contributed by atoms with van der Waals surface area (Å²) in [5.74, 6) is -2.90. The molecule has 0 aromatic rings. The molecule has 0 rings (SSSR count). The molecule has 0 bridgehead atoms. The Morgan fingerprint density at radius 3 is 1.19 bits per heavy atom. The number of aliphatic carboxylic acids is 3. The van der Waals surface area contributed by atoms with E-state index < -0.39 is 29.4 Å². The molecule has 0 saturated carbocycles. The van der Waals surface area contributed by atoms with E-state index in [0.717, 1.165) is 0 Å². The lowest BCUT2D eigenvalue weighted by molar-refractivity contribution is -0.149. The Hall–Kier alpha value is -1.01. The topological polar surface area (TPSA) is 173 Å². The summed E-state index contributed by atoms with van der Waals surface area (Å²) in [6, 6.07) is 0. The zero-order valence-corrected chi connectivity index (χ0v) is 18.2. The van der Waals surface area contributed by atoms with E-state index in [2.05, 4.69) is 25.3 Å². The normalized spacial score (nSPS) is 11.3. The molecule has 9 nitrogen and oxygen atoms in total. The molecule has 0 aromatic carbocycles. The maximum Gasteiger partial charge on any atom is 0.313 e. The lowest BCUT2D eigenvalue weighted by Gasteiger charge is -2.20. The van der Waals surface area contributed by atoms with Gasteiger partial charge in [0.25, 0.3) is 0 Å². The number of aliphatic hydroxyl groups excluding tert-OH is 3. The number of carbonyl (C=O) groups is 3. The molecule has 0 fully saturated rings. The summed E-state index contributed by atoms with van der Waals surface area (Å²) in [6.45, 7) is 8.59.